The van der Waals surface area contributed by atoms with Gasteiger partial charge in [0.1, 0.15) is 0 Å². The lowest BCUT2D eigenvalue weighted by Crippen LogP contribution is -2.35. The minimum absolute atomic E-state index is 0.162. The molecule has 2 rings (SSSR count). The molecular weight excluding hydrogens is 212 g/mol. The predicted molar refractivity (Wildman–Crippen MR) is 58.4 cm³/mol. The maximum atomic E-state index is 11.0. The van der Waals surface area contributed by atoms with Gasteiger partial charge in [-0.15, -0.1) is 0 Å². The fourth-order valence-electron chi connectivity index (χ4n) is 2.07. The SMILES string of the molecule is NS(=O)(=O)N[C@H]1CCCc2ccccc21. The molecule has 0 amide bonds. The molecule has 0 aromatic heterocycles. The lowest BCUT2D eigenvalue weighted by atomic mass is 9.88. The molecule has 0 saturated heterocycles. The van der Waals surface area contributed by atoms with E-state index < -0.39 is 10.2 Å². The summed E-state index contributed by atoms with van der Waals surface area (Å²) in [6, 6.07) is 7.72. The number of hydrogen-bond acceptors (Lipinski definition) is 2. The van der Waals surface area contributed by atoms with Crippen molar-refractivity contribution < 1.29 is 8.42 Å². The summed E-state index contributed by atoms with van der Waals surface area (Å²) >= 11 is 0. The van der Waals surface area contributed by atoms with E-state index in [0.717, 1.165) is 24.8 Å². The molecule has 1 aromatic carbocycles. The number of fused-ring (bicyclic) bond motifs is 1. The zero-order chi connectivity index (χ0) is 10.9. The van der Waals surface area contributed by atoms with Crippen molar-refractivity contribution in [2.45, 2.75) is 25.3 Å². The highest BCUT2D eigenvalue weighted by molar-refractivity contribution is 7.87. The second kappa shape index (κ2) is 3.92. The first-order chi connectivity index (χ1) is 7.06. The number of hydrogen-bond donors (Lipinski definition) is 2. The van der Waals surface area contributed by atoms with Gasteiger partial charge in [-0.05, 0) is 30.4 Å². The summed E-state index contributed by atoms with van der Waals surface area (Å²) in [6.45, 7) is 0. The molecule has 0 bridgehead atoms. The third kappa shape index (κ3) is 2.56. The number of rotatable bonds is 2. The zero-order valence-electron chi connectivity index (χ0n) is 8.31. The Balaban J connectivity index is 2.30. The molecular formula is C10H14N2O2S. The number of benzene rings is 1. The zero-order valence-corrected chi connectivity index (χ0v) is 9.13. The highest BCUT2D eigenvalue weighted by Crippen LogP contribution is 2.29. The molecule has 0 fully saturated rings. The molecule has 5 heteroatoms. The van der Waals surface area contributed by atoms with E-state index in [1.165, 1.54) is 5.56 Å². The smallest absolute Gasteiger partial charge is 0.216 e. The van der Waals surface area contributed by atoms with Gasteiger partial charge in [0.05, 0.1) is 0 Å². The van der Waals surface area contributed by atoms with Crippen LogP contribution in [-0.4, -0.2) is 8.42 Å². The van der Waals surface area contributed by atoms with Gasteiger partial charge < -0.3 is 0 Å². The minimum atomic E-state index is -3.62. The van der Waals surface area contributed by atoms with Crippen LogP contribution < -0.4 is 9.86 Å². The molecule has 1 aliphatic rings. The van der Waals surface area contributed by atoms with Gasteiger partial charge in [-0.3, -0.25) is 0 Å². The summed E-state index contributed by atoms with van der Waals surface area (Å²) in [7, 11) is -3.62. The number of nitrogens with one attached hydrogen (secondary N) is 1. The molecule has 0 unspecified atom stereocenters. The first-order valence-corrected chi connectivity index (χ1v) is 6.49. The molecule has 1 aliphatic carbocycles. The lowest BCUT2D eigenvalue weighted by Gasteiger charge is -2.25. The van der Waals surface area contributed by atoms with Gasteiger partial charge in [-0.2, -0.15) is 13.1 Å². The van der Waals surface area contributed by atoms with E-state index in [1.807, 2.05) is 24.3 Å². The maximum absolute atomic E-state index is 11.0. The average Bonchev–Trinajstić information content (AvgIpc) is 2.16. The fraction of sp³-hybridized carbons (Fsp3) is 0.400. The van der Waals surface area contributed by atoms with Crippen molar-refractivity contribution in [1.82, 2.24) is 4.72 Å². The van der Waals surface area contributed by atoms with Crippen LogP contribution in [0.5, 0.6) is 0 Å². The Bertz CT molecular complexity index is 456. The first-order valence-electron chi connectivity index (χ1n) is 4.94. The highest BCUT2D eigenvalue weighted by atomic mass is 32.2. The molecule has 0 saturated carbocycles. The Morgan fingerprint density at radius 3 is 2.80 bits per heavy atom. The van der Waals surface area contributed by atoms with E-state index in [-0.39, 0.29) is 6.04 Å². The first kappa shape index (κ1) is 10.6. The largest absolute Gasteiger partial charge is 0.274 e. The molecule has 1 atom stereocenters. The molecule has 15 heavy (non-hydrogen) atoms. The molecule has 3 N–H and O–H groups in total. The normalized spacial score (nSPS) is 21.0. The maximum Gasteiger partial charge on any atom is 0.274 e. The van der Waals surface area contributed by atoms with Gasteiger partial charge >= 0.3 is 0 Å². The van der Waals surface area contributed by atoms with Crippen LogP contribution in [0.2, 0.25) is 0 Å². The third-order valence-electron chi connectivity index (χ3n) is 2.68. The van der Waals surface area contributed by atoms with Crippen LogP contribution in [0.4, 0.5) is 0 Å². The molecule has 1 aromatic rings. The van der Waals surface area contributed by atoms with Crippen LogP contribution in [0.1, 0.15) is 30.0 Å². The molecule has 4 nitrogen and oxygen atoms in total. The summed E-state index contributed by atoms with van der Waals surface area (Å²) in [5, 5.41) is 4.98. The van der Waals surface area contributed by atoms with Crippen molar-refractivity contribution in [2.75, 3.05) is 0 Å². The highest BCUT2D eigenvalue weighted by Gasteiger charge is 2.22. The van der Waals surface area contributed by atoms with E-state index in [9.17, 15) is 8.42 Å². The Morgan fingerprint density at radius 1 is 1.33 bits per heavy atom. The van der Waals surface area contributed by atoms with Crippen LogP contribution in [0.25, 0.3) is 0 Å². The molecule has 0 radical (unpaired) electrons. The fourth-order valence-corrected chi connectivity index (χ4v) is 2.72. The van der Waals surface area contributed by atoms with E-state index in [1.54, 1.807) is 0 Å². The summed E-state index contributed by atoms with van der Waals surface area (Å²) in [5.74, 6) is 0. The van der Waals surface area contributed by atoms with Gasteiger partial charge in [0.15, 0.2) is 0 Å². The van der Waals surface area contributed by atoms with Gasteiger partial charge in [-0.1, -0.05) is 24.3 Å². The molecule has 0 heterocycles. The van der Waals surface area contributed by atoms with E-state index in [0.29, 0.717) is 0 Å². The van der Waals surface area contributed by atoms with Gasteiger partial charge in [0, 0.05) is 6.04 Å². The van der Waals surface area contributed by atoms with Gasteiger partial charge in [0.2, 0.25) is 0 Å². The molecule has 0 aliphatic heterocycles. The predicted octanol–water partition coefficient (Wildman–Crippen LogP) is 0.857. The Hall–Kier alpha value is -0.910. The van der Waals surface area contributed by atoms with Gasteiger partial charge in [-0.25, -0.2) is 5.14 Å². The quantitative estimate of drug-likeness (QED) is 0.785. The van der Waals surface area contributed by atoms with Crippen LogP contribution in [0.3, 0.4) is 0 Å². The van der Waals surface area contributed by atoms with Crippen molar-refractivity contribution in [3.63, 3.8) is 0 Å². The molecule has 0 spiro atoms. The second-order valence-electron chi connectivity index (χ2n) is 3.81. The second-order valence-corrected chi connectivity index (χ2v) is 5.13. The van der Waals surface area contributed by atoms with E-state index in [4.69, 9.17) is 5.14 Å². The average molecular weight is 226 g/mol. The van der Waals surface area contributed by atoms with Crippen molar-refractivity contribution in [3.8, 4) is 0 Å². The number of nitrogens with two attached hydrogens (primary N) is 1. The summed E-state index contributed by atoms with van der Waals surface area (Å²) in [5.41, 5.74) is 2.27. The summed E-state index contributed by atoms with van der Waals surface area (Å²) in [4.78, 5) is 0. The van der Waals surface area contributed by atoms with Crippen molar-refractivity contribution in [1.29, 1.82) is 0 Å². The topological polar surface area (TPSA) is 72.2 Å². The Morgan fingerprint density at radius 2 is 2.07 bits per heavy atom. The van der Waals surface area contributed by atoms with Crippen molar-refractivity contribution in [2.24, 2.45) is 5.14 Å². The number of aryl methyl sites for hydroxylation is 1. The van der Waals surface area contributed by atoms with Crippen molar-refractivity contribution in [3.05, 3.63) is 35.4 Å². The van der Waals surface area contributed by atoms with Crippen molar-refractivity contribution >= 4 is 10.2 Å². The summed E-state index contributed by atoms with van der Waals surface area (Å²) in [6.07, 6.45) is 2.82. The molecule has 82 valence electrons. The minimum Gasteiger partial charge on any atom is -0.216 e. The Labute approximate surface area is 89.7 Å². The van der Waals surface area contributed by atoms with Crippen LogP contribution in [0.15, 0.2) is 24.3 Å². The van der Waals surface area contributed by atoms with E-state index in [2.05, 4.69) is 4.72 Å². The van der Waals surface area contributed by atoms with Gasteiger partial charge in [0.25, 0.3) is 10.2 Å². The standard InChI is InChI=1S/C10H14N2O2S/c11-15(13,14)12-10-7-3-5-8-4-1-2-6-9(8)10/h1-2,4,6,10,12H,3,5,7H2,(H2,11,13,14)/t10-/m0/s1. The lowest BCUT2D eigenvalue weighted by molar-refractivity contribution is 0.508. The third-order valence-corrected chi connectivity index (χ3v) is 3.29. The van der Waals surface area contributed by atoms with Crippen LogP contribution >= 0.6 is 0 Å². The van der Waals surface area contributed by atoms with Crippen LogP contribution in [-0.2, 0) is 16.6 Å². The summed E-state index contributed by atoms with van der Waals surface area (Å²) < 4.78 is 24.4. The Kier molecular flexibility index (Phi) is 2.77. The monoisotopic (exact) mass is 226 g/mol. The van der Waals surface area contributed by atoms with E-state index >= 15 is 0 Å². The van der Waals surface area contributed by atoms with Crippen LogP contribution in [0, 0.1) is 0 Å².